The fourth-order valence-electron chi connectivity index (χ4n) is 1.61. The molecule has 2 aromatic rings. The number of amides is 2. The summed E-state index contributed by atoms with van der Waals surface area (Å²) in [6.45, 7) is 1.61. The zero-order valence-corrected chi connectivity index (χ0v) is 12.9. The van der Waals surface area contributed by atoms with Gasteiger partial charge in [0.2, 0.25) is 11.8 Å². The van der Waals surface area contributed by atoms with Crippen molar-refractivity contribution in [3.63, 3.8) is 0 Å². The molecule has 1 aromatic carbocycles. The average Bonchev–Trinajstić information content (AvgIpc) is 2.76. The molecule has 2 amide bonds. The third-order valence-electron chi connectivity index (χ3n) is 2.40. The molecule has 0 unspecified atom stereocenters. The van der Waals surface area contributed by atoms with Crippen LogP contribution in [-0.2, 0) is 16.1 Å². The number of nitrogens with one attached hydrogen (secondary N) is 2. The summed E-state index contributed by atoms with van der Waals surface area (Å²) in [7, 11) is 0. The molecule has 1 aromatic heterocycles. The molecule has 20 heavy (non-hydrogen) atoms. The summed E-state index contributed by atoms with van der Waals surface area (Å²) in [6, 6.07) is 6.92. The minimum Gasteiger partial charge on any atom is -0.326 e. The van der Waals surface area contributed by atoms with Crippen LogP contribution in [0.1, 0.15) is 6.92 Å². The Morgan fingerprint density at radius 1 is 1.20 bits per heavy atom. The molecule has 0 aliphatic rings. The van der Waals surface area contributed by atoms with Crippen molar-refractivity contribution in [2.45, 2.75) is 13.5 Å². The maximum atomic E-state index is 11.8. The topological polar surface area (TPSA) is 76.0 Å². The Balaban J connectivity index is 1.92. The van der Waals surface area contributed by atoms with Crippen LogP contribution in [0.2, 0.25) is 0 Å². The molecule has 0 aliphatic heterocycles. The van der Waals surface area contributed by atoms with Crippen molar-refractivity contribution in [2.75, 3.05) is 10.6 Å². The van der Waals surface area contributed by atoms with Gasteiger partial charge in [0.05, 0.1) is 9.77 Å². The van der Waals surface area contributed by atoms with E-state index in [1.807, 2.05) is 0 Å². The van der Waals surface area contributed by atoms with E-state index in [4.69, 9.17) is 0 Å². The molecule has 6 nitrogen and oxygen atoms in total. The molecule has 0 radical (unpaired) electrons. The summed E-state index contributed by atoms with van der Waals surface area (Å²) in [4.78, 5) is 22.7. The molecule has 7 heteroatoms. The molecule has 0 saturated carbocycles. The minimum absolute atomic E-state index is 0.130. The highest BCUT2D eigenvalue weighted by Crippen LogP contribution is 2.13. The third-order valence-corrected chi connectivity index (χ3v) is 2.95. The summed E-state index contributed by atoms with van der Waals surface area (Å²) in [5, 5.41) is 9.47. The molecule has 0 bridgehead atoms. The van der Waals surface area contributed by atoms with E-state index in [-0.39, 0.29) is 18.4 Å². The first-order valence-electron chi connectivity index (χ1n) is 5.88. The van der Waals surface area contributed by atoms with E-state index < -0.39 is 0 Å². The monoisotopic (exact) mass is 384 g/mol. The van der Waals surface area contributed by atoms with Crippen LogP contribution in [0.5, 0.6) is 0 Å². The van der Waals surface area contributed by atoms with Gasteiger partial charge in [-0.15, -0.1) is 0 Å². The second kappa shape index (κ2) is 6.51. The average molecular weight is 384 g/mol. The van der Waals surface area contributed by atoms with Gasteiger partial charge in [-0.1, -0.05) is 0 Å². The first-order valence-corrected chi connectivity index (χ1v) is 6.96. The Hall–Kier alpha value is -1.90. The number of aromatic nitrogens is 2. The van der Waals surface area contributed by atoms with Gasteiger partial charge in [-0.05, 0) is 46.9 Å². The van der Waals surface area contributed by atoms with E-state index in [2.05, 4.69) is 38.3 Å². The Kier molecular flexibility index (Phi) is 4.72. The lowest BCUT2D eigenvalue weighted by Crippen LogP contribution is -2.19. The lowest BCUT2D eigenvalue weighted by molar-refractivity contribution is -0.117. The van der Waals surface area contributed by atoms with E-state index in [1.54, 1.807) is 41.3 Å². The normalized spacial score (nSPS) is 10.1. The van der Waals surface area contributed by atoms with E-state index in [9.17, 15) is 9.59 Å². The Morgan fingerprint density at radius 3 is 2.30 bits per heavy atom. The van der Waals surface area contributed by atoms with Gasteiger partial charge in [-0.25, -0.2) is 0 Å². The molecule has 0 spiro atoms. The fraction of sp³-hybridized carbons (Fsp3) is 0.154. The van der Waals surface area contributed by atoms with E-state index in [0.29, 0.717) is 11.4 Å². The Morgan fingerprint density at radius 2 is 1.80 bits per heavy atom. The van der Waals surface area contributed by atoms with Gasteiger partial charge in [-0.2, -0.15) is 5.10 Å². The fourth-order valence-corrected chi connectivity index (χ4v) is 2.06. The summed E-state index contributed by atoms with van der Waals surface area (Å²) < 4.78 is 2.55. The van der Waals surface area contributed by atoms with Gasteiger partial charge in [0, 0.05) is 24.5 Å². The summed E-state index contributed by atoms with van der Waals surface area (Å²) in [5.74, 6) is -0.285. The molecular weight excluding hydrogens is 371 g/mol. The molecular formula is C13H13IN4O2. The minimum atomic E-state index is -0.156. The number of carbonyl (C=O) groups excluding carboxylic acids is 2. The van der Waals surface area contributed by atoms with Gasteiger partial charge >= 0.3 is 0 Å². The van der Waals surface area contributed by atoms with Gasteiger partial charge in [0.15, 0.2) is 0 Å². The van der Waals surface area contributed by atoms with Crippen molar-refractivity contribution in [3.05, 3.63) is 40.2 Å². The standard InChI is InChI=1S/C13H13IN4O2/c1-9(19)16-11-2-4-12(5-3-11)17-13(20)8-18-7-10(14)6-15-18/h2-7H,8H2,1H3,(H,16,19)(H,17,20). The SMILES string of the molecule is CC(=O)Nc1ccc(NC(=O)Cn2cc(I)cn2)cc1. The number of rotatable bonds is 4. The van der Waals surface area contributed by atoms with Crippen LogP contribution in [0, 0.1) is 3.57 Å². The number of nitrogens with zero attached hydrogens (tertiary/aromatic N) is 2. The highest BCUT2D eigenvalue weighted by molar-refractivity contribution is 14.1. The van der Waals surface area contributed by atoms with Gasteiger partial charge in [-0.3, -0.25) is 14.3 Å². The van der Waals surface area contributed by atoms with Crippen LogP contribution < -0.4 is 10.6 Å². The zero-order chi connectivity index (χ0) is 14.5. The van der Waals surface area contributed by atoms with Gasteiger partial charge in [0.25, 0.3) is 0 Å². The smallest absolute Gasteiger partial charge is 0.246 e. The molecule has 0 fully saturated rings. The predicted octanol–water partition coefficient (Wildman–Crippen LogP) is 2.08. The maximum Gasteiger partial charge on any atom is 0.246 e. The largest absolute Gasteiger partial charge is 0.326 e. The van der Waals surface area contributed by atoms with Crippen LogP contribution >= 0.6 is 22.6 Å². The lowest BCUT2D eigenvalue weighted by Gasteiger charge is -2.07. The Labute approximate surface area is 129 Å². The quantitative estimate of drug-likeness (QED) is 0.793. The highest BCUT2D eigenvalue weighted by atomic mass is 127. The summed E-state index contributed by atoms with van der Waals surface area (Å²) in [6.07, 6.45) is 3.48. The number of halogens is 1. The molecule has 1 heterocycles. The summed E-state index contributed by atoms with van der Waals surface area (Å²) >= 11 is 2.13. The van der Waals surface area contributed by atoms with E-state index in [0.717, 1.165) is 3.57 Å². The summed E-state index contributed by atoms with van der Waals surface area (Å²) in [5.41, 5.74) is 1.36. The van der Waals surface area contributed by atoms with Crippen LogP contribution in [0.15, 0.2) is 36.7 Å². The number of hydrogen-bond acceptors (Lipinski definition) is 3. The molecule has 0 saturated heterocycles. The predicted molar refractivity (Wildman–Crippen MR) is 84.3 cm³/mol. The van der Waals surface area contributed by atoms with Crippen LogP contribution in [-0.4, -0.2) is 21.6 Å². The zero-order valence-electron chi connectivity index (χ0n) is 10.8. The van der Waals surface area contributed by atoms with Crippen LogP contribution in [0.4, 0.5) is 11.4 Å². The van der Waals surface area contributed by atoms with Crippen molar-refractivity contribution < 1.29 is 9.59 Å². The van der Waals surface area contributed by atoms with Crippen molar-refractivity contribution in [2.24, 2.45) is 0 Å². The van der Waals surface area contributed by atoms with Crippen LogP contribution in [0.25, 0.3) is 0 Å². The molecule has 104 valence electrons. The Bertz CT molecular complexity index is 622. The van der Waals surface area contributed by atoms with Crippen molar-refractivity contribution >= 4 is 45.8 Å². The molecule has 0 atom stereocenters. The first kappa shape index (κ1) is 14.5. The second-order valence-corrected chi connectivity index (χ2v) is 5.41. The van der Waals surface area contributed by atoms with E-state index >= 15 is 0 Å². The van der Waals surface area contributed by atoms with Gasteiger partial charge in [0.1, 0.15) is 6.54 Å². The molecule has 0 aliphatic carbocycles. The number of carbonyl (C=O) groups is 2. The lowest BCUT2D eigenvalue weighted by atomic mass is 10.2. The van der Waals surface area contributed by atoms with Crippen molar-refractivity contribution in [3.8, 4) is 0 Å². The number of hydrogen-bond donors (Lipinski definition) is 2. The highest BCUT2D eigenvalue weighted by Gasteiger charge is 2.05. The van der Waals surface area contributed by atoms with E-state index in [1.165, 1.54) is 6.92 Å². The van der Waals surface area contributed by atoms with Crippen molar-refractivity contribution in [1.82, 2.24) is 9.78 Å². The third kappa shape index (κ3) is 4.34. The first-order chi connectivity index (χ1) is 9.52. The molecule has 2 rings (SSSR count). The van der Waals surface area contributed by atoms with Gasteiger partial charge < -0.3 is 10.6 Å². The molecule has 2 N–H and O–H groups in total. The maximum absolute atomic E-state index is 11.8. The van der Waals surface area contributed by atoms with Crippen molar-refractivity contribution in [1.29, 1.82) is 0 Å². The second-order valence-electron chi connectivity index (χ2n) is 4.16. The van der Waals surface area contributed by atoms with Crippen LogP contribution in [0.3, 0.4) is 0 Å². The number of anilines is 2. The number of benzene rings is 1.